The first-order chi connectivity index (χ1) is 16.8. The summed E-state index contributed by atoms with van der Waals surface area (Å²) in [5.74, 6) is 1.77. The quantitative estimate of drug-likeness (QED) is 0.476. The predicted molar refractivity (Wildman–Crippen MR) is 135 cm³/mol. The van der Waals surface area contributed by atoms with Crippen LogP contribution in [0.5, 0.6) is 5.75 Å². The van der Waals surface area contributed by atoms with Gasteiger partial charge in [0.2, 0.25) is 5.91 Å². The Kier molecular flexibility index (Phi) is 7.59. The first-order valence-corrected chi connectivity index (χ1v) is 12.3. The van der Waals surface area contributed by atoms with Crippen molar-refractivity contribution in [3.8, 4) is 5.75 Å². The molecular formula is C29H34N2O4. The summed E-state index contributed by atoms with van der Waals surface area (Å²) in [6.45, 7) is 9.47. The normalized spacial score (nSPS) is 15.3. The van der Waals surface area contributed by atoms with E-state index in [0.717, 1.165) is 17.5 Å². The number of fused-ring (bicyclic) bond motifs is 1. The highest BCUT2D eigenvalue weighted by molar-refractivity contribution is 5.91. The van der Waals surface area contributed by atoms with Crippen LogP contribution in [0, 0.1) is 11.8 Å². The van der Waals surface area contributed by atoms with Crippen molar-refractivity contribution in [1.29, 1.82) is 0 Å². The highest BCUT2D eigenvalue weighted by Gasteiger charge is 2.33. The lowest BCUT2D eigenvalue weighted by Crippen LogP contribution is -2.42. The van der Waals surface area contributed by atoms with Gasteiger partial charge in [0.15, 0.2) is 5.76 Å². The van der Waals surface area contributed by atoms with Crippen molar-refractivity contribution >= 4 is 11.8 Å². The second-order valence-electron chi connectivity index (χ2n) is 9.77. The van der Waals surface area contributed by atoms with E-state index >= 15 is 0 Å². The Morgan fingerprint density at radius 2 is 1.83 bits per heavy atom. The zero-order chi connectivity index (χ0) is 24.9. The number of nitrogens with one attached hydrogen (secondary N) is 1. The molecule has 0 saturated heterocycles. The van der Waals surface area contributed by atoms with Crippen LogP contribution in [0.15, 0.2) is 65.1 Å². The monoisotopic (exact) mass is 474 g/mol. The average Bonchev–Trinajstić information content (AvgIpc) is 3.34. The average molecular weight is 475 g/mol. The Labute approximate surface area is 207 Å². The second kappa shape index (κ2) is 10.8. The van der Waals surface area contributed by atoms with E-state index in [0.29, 0.717) is 30.5 Å². The van der Waals surface area contributed by atoms with E-state index in [9.17, 15) is 9.59 Å². The second-order valence-corrected chi connectivity index (χ2v) is 9.77. The first kappa shape index (κ1) is 24.6. The highest BCUT2D eigenvalue weighted by atomic mass is 16.5. The molecule has 1 aliphatic rings. The SMILES string of the molecule is CC(C)CNC(=O)c1ccc(COc2ccc3c(c2)[C@@H](c2ccccc2)N(C(=O)C(C)C)CC3)o1. The maximum atomic E-state index is 13.1. The molecule has 1 aliphatic heterocycles. The smallest absolute Gasteiger partial charge is 0.287 e. The lowest BCUT2D eigenvalue weighted by Gasteiger charge is -2.39. The maximum Gasteiger partial charge on any atom is 0.287 e. The maximum absolute atomic E-state index is 13.1. The fourth-order valence-electron chi connectivity index (χ4n) is 4.36. The molecule has 3 aromatic rings. The van der Waals surface area contributed by atoms with Gasteiger partial charge < -0.3 is 19.4 Å². The summed E-state index contributed by atoms with van der Waals surface area (Å²) >= 11 is 0. The number of nitrogens with zero attached hydrogens (tertiary/aromatic N) is 1. The number of hydrogen-bond donors (Lipinski definition) is 1. The minimum atomic E-state index is -0.223. The Balaban J connectivity index is 1.53. The van der Waals surface area contributed by atoms with Gasteiger partial charge in [0.05, 0.1) is 6.04 Å². The number of amides is 2. The van der Waals surface area contributed by atoms with Gasteiger partial charge >= 0.3 is 0 Å². The van der Waals surface area contributed by atoms with Gasteiger partial charge in [-0.15, -0.1) is 0 Å². The molecule has 6 heteroatoms. The van der Waals surface area contributed by atoms with Crippen LogP contribution in [0.1, 0.15) is 66.7 Å². The number of carbonyl (C=O) groups is 2. The van der Waals surface area contributed by atoms with Gasteiger partial charge in [0.25, 0.3) is 5.91 Å². The topological polar surface area (TPSA) is 71.8 Å². The van der Waals surface area contributed by atoms with Crippen LogP contribution in [-0.4, -0.2) is 29.8 Å². The van der Waals surface area contributed by atoms with E-state index in [4.69, 9.17) is 9.15 Å². The summed E-state index contributed by atoms with van der Waals surface area (Å²) in [7, 11) is 0. The van der Waals surface area contributed by atoms with Gasteiger partial charge in [-0.1, -0.05) is 64.1 Å². The van der Waals surface area contributed by atoms with Gasteiger partial charge in [-0.2, -0.15) is 0 Å². The molecule has 0 unspecified atom stereocenters. The fraction of sp³-hybridized carbons (Fsp3) is 0.379. The lowest BCUT2D eigenvalue weighted by molar-refractivity contribution is -0.136. The molecule has 4 rings (SSSR count). The molecular weight excluding hydrogens is 440 g/mol. The highest BCUT2D eigenvalue weighted by Crippen LogP contribution is 2.38. The van der Waals surface area contributed by atoms with Crippen molar-refractivity contribution in [3.63, 3.8) is 0 Å². The third-order valence-corrected chi connectivity index (χ3v) is 6.18. The molecule has 0 saturated carbocycles. The molecule has 0 fully saturated rings. The summed E-state index contributed by atoms with van der Waals surface area (Å²) < 4.78 is 11.7. The van der Waals surface area contributed by atoms with E-state index in [1.54, 1.807) is 12.1 Å². The molecule has 2 aromatic carbocycles. The van der Waals surface area contributed by atoms with Crippen LogP contribution in [0.2, 0.25) is 0 Å². The number of carbonyl (C=O) groups excluding carboxylic acids is 2. The summed E-state index contributed by atoms with van der Waals surface area (Å²) in [5.41, 5.74) is 3.39. The first-order valence-electron chi connectivity index (χ1n) is 12.3. The van der Waals surface area contributed by atoms with Crippen LogP contribution in [0.3, 0.4) is 0 Å². The molecule has 1 aromatic heterocycles. The standard InChI is InChI=1S/C29H34N2O4/c1-19(2)17-30-28(32)26-13-12-24(35-26)18-34-23-11-10-21-14-15-31(29(33)20(3)4)27(25(21)16-23)22-8-6-5-7-9-22/h5-13,16,19-20,27H,14-15,17-18H2,1-4H3,(H,30,32)/t27-/m1/s1. The fourth-order valence-corrected chi connectivity index (χ4v) is 4.36. The number of hydrogen-bond acceptors (Lipinski definition) is 4. The summed E-state index contributed by atoms with van der Waals surface area (Å²) in [5, 5.41) is 2.86. The molecule has 1 atom stereocenters. The predicted octanol–water partition coefficient (Wildman–Crippen LogP) is 5.37. The van der Waals surface area contributed by atoms with Crippen LogP contribution >= 0.6 is 0 Å². The van der Waals surface area contributed by atoms with Gasteiger partial charge in [0.1, 0.15) is 18.1 Å². The molecule has 2 amide bonds. The minimum Gasteiger partial charge on any atom is -0.486 e. The van der Waals surface area contributed by atoms with Crippen molar-refractivity contribution in [2.45, 2.75) is 46.8 Å². The van der Waals surface area contributed by atoms with Gasteiger partial charge in [-0.25, -0.2) is 0 Å². The summed E-state index contributed by atoms with van der Waals surface area (Å²) in [6.07, 6.45) is 0.810. The number of benzene rings is 2. The van der Waals surface area contributed by atoms with Gasteiger partial charge in [-0.3, -0.25) is 9.59 Å². The third-order valence-electron chi connectivity index (χ3n) is 6.18. The van der Waals surface area contributed by atoms with Crippen molar-refractivity contribution < 1.29 is 18.7 Å². The van der Waals surface area contributed by atoms with Crippen LogP contribution < -0.4 is 10.1 Å². The molecule has 0 radical (unpaired) electrons. The summed E-state index contributed by atoms with van der Waals surface area (Å²) in [4.78, 5) is 27.3. The van der Waals surface area contributed by atoms with E-state index in [1.165, 1.54) is 5.56 Å². The molecule has 0 bridgehead atoms. The van der Waals surface area contributed by atoms with Crippen LogP contribution in [-0.2, 0) is 17.8 Å². The van der Waals surface area contributed by atoms with Crippen molar-refractivity contribution in [3.05, 3.63) is 88.9 Å². The number of ether oxygens (including phenoxy) is 1. The van der Waals surface area contributed by atoms with E-state index < -0.39 is 0 Å². The minimum absolute atomic E-state index is 0.0759. The number of rotatable bonds is 8. The largest absolute Gasteiger partial charge is 0.486 e. The van der Waals surface area contributed by atoms with E-state index in [1.807, 2.05) is 62.9 Å². The van der Waals surface area contributed by atoms with Gasteiger partial charge in [-0.05, 0) is 53.3 Å². The third kappa shape index (κ3) is 5.76. The molecule has 1 N–H and O–H groups in total. The summed E-state index contributed by atoms with van der Waals surface area (Å²) in [6, 6.07) is 19.5. The van der Waals surface area contributed by atoms with Crippen molar-refractivity contribution in [1.82, 2.24) is 10.2 Å². The van der Waals surface area contributed by atoms with Crippen LogP contribution in [0.25, 0.3) is 0 Å². The molecule has 0 spiro atoms. The number of furan rings is 1. The molecule has 0 aliphatic carbocycles. The van der Waals surface area contributed by atoms with E-state index in [2.05, 4.69) is 23.5 Å². The zero-order valence-corrected chi connectivity index (χ0v) is 20.9. The molecule has 35 heavy (non-hydrogen) atoms. The molecule has 6 nitrogen and oxygen atoms in total. The van der Waals surface area contributed by atoms with E-state index in [-0.39, 0.29) is 36.1 Å². The lowest BCUT2D eigenvalue weighted by atomic mass is 9.87. The van der Waals surface area contributed by atoms with Crippen molar-refractivity contribution in [2.75, 3.05) is 13.1 Å². The van der Waals surface area contributed by atoms with Gasteiger partial charge in [0, 0.05) is 19.0 Å². The van der Waals surface area contributed by atoms with Crippen LogP contribution in [0.4, 0.5) is 0 Å². The zero-order valence-electron chi connectivity index (χ0n) is 20.9. The molecule has 184 valence electrons. The Bertz CT molecular complexity index is 1170. The molecule has 2 heterocycles. The van der Waals surface area contributed by atoms with Crippen molar-refractivity contribution in [2.24, 2.45) is 11.8 Å². The Morgan fingerprint density at radius 3 is 2.54 bits per heavy atom. The Hall–Kier alpha value is -3.54. The Morgan fingerprint density at radius 1 is 1.06 bits per heavy atom.